The first kappa shape index (κ1) is 16.3. The highest BCUT2D eigenvalue weighted by Gasteiger charge is 2.33. The van der Waals surface area contributed by atoms with E-state index in [0.29, 0.717) is 6.04 Å². The molecular formula is C17H34N2O. The summed E-state index contributed by atoms with van der Waals surface area (Å²) in [5, 5.41) is 3.73. The predicted octanol–water partition coefficient (Wildman–Crippen LogP) is 2.76. The molecule has 0 amide bonds. The minimum Gasteiger partial charge on any atom is -0.380 e. The van der Waals surface area contributed by atoms with Gasteiger partial charge in [0.1, 0.15) is 0 Å². The molecule has 2 fully saturated rings. The Morgan fingerprint density at radius 3 is 2.65 bits per heavy atom. The molecule has 1 saturated heterocycles. The van der Waals surface area contributed by atoms with Crippen molar-refractivity contribution in [3.05, 3.63) is 0 Å². The number of hydrogen-bond acceptors (Lipinski definition) is 3. The second kappa shape index (κ2) is 7.77. The Kier molecular flexibility index (Phi) is 6.31. The molecule has 0 radical (unpaired) electrons. The number of nitrogens with one attached hydrogen (secondary N) is 1. The maximum atomic E-state index is 5.54. The van der Waals surface area contributed by atoms with Crippen LogP contribution >= 0.6 is 0 Å². The zero-order chi connectivity index (χ0) is 14.5. The van der Waals surface area contributed by atoms with Crippen LogP contribution in [0.4, 0.5) is 0 Å². The van der Waals surface area contributed by atoms with Gasteiger partial charge in [-0.2, -0.15) is 0 Å². The van der Waals surface area contributed by atoms with Gasteiger partial charge in [0.15, 0.2) is 0 Å². The van der Waals surface area contributed by atoms with Gasteiger partial charge >= 0.3 is 0 Å². The van der Waals surface area contributed by atoms with Gasteiger partial charge in [-0.05, 0) is 57.0 Å². The zero-order valence-corrected chi connectivity index (χ0v) is 13.9. The lowest BCUT2D eigenvalue weighted by molar-refractivity contribution is 0.104. The molecule has 1 aliphatic carbocycles. The van der Waals surface area contributed by atoms with Crippen LogP contribution in [0.2, 0.25) is 0 Å². The van der Waals surface area contributed by atoms with E-state index >= 15 is 0 Å². The maximum absolute atomic E-state index is 5.54. The third kappa shape index (κ3) is 4.19. The van der Waals surface area contributed by atoms with Crippen molar-refractivity contribution in [3.8, 4) is 0 Å². The first-order valence-corrected chi connectivity index (χ1v) is 8.63. The van der Waals surface area contributed by atoms with Gasteiger partial charge in [0.25, 0.3) is 0 Å². The fourth-order valence-electron chi connectivity index (χ4n) is 4.03. The van der Waals surface area contributed by atoms with Gasteiger partial charge in [-0.15, -0.1) is 0 Å². The fraction of sp³-hybridized carbons (Fsp3) is 1.00. The number of hydrogen-bond donors (Lipinski definition) is 1. The van der Waals surface area contributed by atoms with Crippen LogP contribution in [-0.4, -0.2) is 50.3 Å². The van der Waals surface area contributed by atoms with Crippen molar-refractivity contribution in [1.29, 1.82) is 0 Å². The number of nitrogens with zero attached hydrogens (tertiary/aromatic N) is 1. The SMILES string of the molecule is CCNC1CCC(C(C)C)CC1CN(C)C1CCOC1. The zero-order valence-electron chi connectivity index (χ0n) is 13.9. The molecule has 4 atom stereocenters. The molecule has 0 spiro atoms. The van der Waals surface area contributed by atoms with Crippen molar-refractivity contribution < 1.29 is 4.74 Å². The van der Waals surface area contributed by atoms with Crippen LogP contribution in [0.1, 0.15) is 46.5 Å². The number of rotatable bonds is 6. The molecule has 0 aromatic heterocycles. The molecule has 2 rings (SSSR count). The lowest BCUT2D eigenvalue weighted by atomic mass is 9.73. The van der Waals surface area contributed by atoms with E-state index in [1.54, 1.807) is 0 Å². The molecule has 3 nitrogen and oxygen atoms in total. The minimum atomic E-state index is 0.650. The minimum absolute atomic E-state index is 0.650. The lowest BCUT2D eigenvalue weighted by Crippen LogP contribution is -2.47. The largest absolute Gasteiger partial charge is 0.380 e. The van der Waals surface area contributed by atoms with Gasteiger partial charge in [-0.1, -0.05) is 20.8 Å². The summed E-state index contributed by atoms with van der Waals surface area (Å²) >= 11 is 0. The third-order valence-electron chi connectivity index (χ3n) is 5.48. The van der Waals surface area contributed by atoms with Crippen LogP contribution in [0, 0.1) is 17.8 Å². The molecule has 2 aliphatic rings. The Morgan fingerprint density at radius 2 is 2.05 bits per heavy atom. The Bertz CT molecular complexity index is 276. The summed E-state index contributed by atoms with van der Waals surface area (Å²) in [5.74, 6) is 2.56. The summed E-state index contributed by atoms with van der Waals surface area (Å²) in [6.07, 6.45) is 5.37. The second-order valence-corrected chi connectivity index (χ2v) is 7.20. The van der Waals surface area contributed by atoms with Gasteiger partial charge in [-0.3, -0.25) is 0 Å². The molecule has 1 saturated carbocycles. The van der Waals surface area contributed by atoms with Crippen LogP contribution in [0.5, 0.6) is 0 Å². The van der Waals surface area contributed by atoms with Gasteiger partial charge in [0, 0.05) is 25.2 Å². The average Bonchev–Trinajstić information content (AvgIpc) is 2.94. The normalized spacial score (nSPS) is 35.1. The smallest absolute Gasteiger partial charge is 0.0622 e. The molecule has 0 aromatic carbocycles. The van der Waals surface area contributed by atoms with Gasteiger partial charge in [-0.25, -0.2) is 0 Å². The molecule has 4 unspecified atom stereocenters. The first-order valence-electron chi connectivity index (χ1n) is 8.63. The van der Waals surface area contributed by atoms with Crippen LogP contribution in [-0.2, 0) is 4.74 Å². The van der Waals surface area contributed by atoms with E-state index in [1.165, 1.54) is 32.2 Å². The van der Waals surface area contributed by atoms with Crippen LogP contribution < -0.4 is 5.32 Å². The van der Waals surface area contributed by atoms with E-state index in [4.69, 9.17) is 4.74 Å². The predicted molar refractivity (Wildman–Crippen MR) is 85.0 cm³/mol. The summed E-state index contributed by atoms with van der Waals surface area (Å²) in [5.41, 5.74) is 0. The van der Waals surface area contributed by atoms with E-state index in [2.05, 4.69) is 38.0 Å². The number of likely N-dealkylation sites (N-methyl/N-ethyl adjacent to an activating group) is 1. The molecule has 1 aliphatic heterocycles. The van der Waals surface area contributed by atoms with Gasteiger partial charge < -0.3 is 15.0 Å². The van der Waals surface area contributed by atoms with Crippen LogP contribution in [0.15, 0.2) is 0 Å². The van der Waals surface area contributed by atoms with E-state index in [0.717, 1.165) is 43.6 Å². The summed E-state index contributed by atoms with van der Waals surface area (Å²) in [4.78, 5) is 2.56. The highest BCUT2D eigenvalue weighted by atomic mass is 16.5. The van der Waals surface area contributed by atoms with Crippen molar-refractivity contribution in [2.45, 2.75) is 58.5 Å². The molecule has 3 heteroatoms. The van der Waals surface area contributed by atoms with Gasteiger partial charge in [0.2, 0.25) is 0 Å². The summed E-state index contributed by atoms with van der Waals surface area (Å²) in [6.45, 7) is 11.2. The molecule has 1 N–H and O–H groups in total. The Balaban J connectivity index is 1.91. The molecule has 0 bridgehead atoms. The van der Waals surface area contributed by atoms with Crippen LogP contribution in [0.25, 0.3) is 0 Å². The quantitative estimate of drug-likeness (QED) is 0.811. The Morgan fingerprint density at radius 1 is 1.25 bits per heavy atom. The van der Waals surface area contributed by atoms with Crippen molar-refractivity contribution in [2.24, 2.45) is 17.8 Å². The summed E-state index contributed by atoms with van der Waals surface area (Å²) in [6, 6.07) is 1.37. The van der Waals surface area contributed by atoms with E-state index in [-0.39, 0.29) is 0 Å². The van der Waals surface area contributed by atoms with Crippen molar-refractivity contribution in [2.75, 3.05) is 33.4 Å². The fourth-order valence-corrected chi connectivity index (χ4v) is 4.03. The van der Waals surface area contributed by atoms with E-state index in [1.807, 2.05) is 0 Å². The molecule has 20 heavy (non-hydrogen) atoms. The maximum Gasteiger partial charge on any atom is 0.0622 e. The van der Waals surface area contributed by atoms with Crippen molar-refractivity contribution in [1.82, 2.24) is 10.2 Å². The number of ether oxygens (including phenoxy) is 1. The van der Waals surface area contributed by atoms with Gasteiger partial charge in [0.05, 0.1) is 6.61 Å². The van der Waals surface area contributed by atoms with Crippen molar-refractivity contribution >= 4 is 0 Å². The highest BCUT2D eigenvalue weighted by molar-refractivity contribution is 4.88. The van der Waals surface area contributed by atoms with Crippen molar-refractivity contribution in [3.63, 3.8) is 0 Å². The standard InChI is InChI=1S/C17H34N2O/c1-5-18-17-7-6-14(13(2)3)10-15(17)11-19(4)16-8-9-20-12-16/h13-18H,5-12H2,1-4H3. The average molecular weight is 282 g/mol. The first-order chi connectivity index (χ1) is 9.61. The molecule has 1 heterocycles. The highest BCUT2D eigenvalue weighted by Crippen LogP contribution is 2.34. The summed E-state index contributed by atoms with van der Waals surface area (Å²) < 4.78 is 5.54. The van der Waals surface area contributed by atoms with E-state index in [9.17, 15) is 0 Å². The monoisotopic (exact) mass is 282 g/mol. The Labute approximate surface area is 125 Å². The topological polar surface area (TPSA) is 24.5 Å². The second-order valence-electron chi connectivity index (χ2n) is 7.20. The Hall–Kier alpha value is -0.120. The molecule has 0 aromatic rings. The third-order valence-corrected chi connectivity index (χ3v) is 5.48. The summed E-state index contributed by atoms with van der Waals surface area (Å²) in [7, 11) is 2.29. The molecular weight excluding hydrogens is 248 g/mol. The molecule has 118 valence electrons. The lowest BCUT2D eigenvalue weighted by Gasteiger charge is -2.41. The van der Waals surface area contributed by atoms with E-state index < -0.39 is 0 Å². The van der Waals surface area contributed by atoms with Crippen LogP contribution in [0.3, 0.4) is 0 Å².